The predicted molar refractivity (Wildman–Crippen MR) is 112 cm³/mol. The van der Waals surface area contributed by atoms with Crippen molar-refractivity contribution >= 4 is 30.7 Å². The normalized spacial score (nSPS) is 19.0. The van der Waals surface area contributed by atoms with Crippen LogP contribution in [0.3, 0.4) is 0 Å². The highest BCUT2D eigenvalue weighted by atomic mass is 35.5. The molecule has 1 heterocycles. The molecule has 1 aliphatic rings. The topological polar surface area (TPSA) is 58.8 Å². The molecule has 1 saturated heterocycles. The Balaban J connectivity index is 0.00000312. The van der Waals surface area contributed by atoms with Crippen LogP contribution in [0.25, 0.3) is 0 Å². The lowest BCUT2D eigenvalue weighted by molar-refractivity contribution is 0.0743. The van der Waals surface area contributed by atoms with Crippen LogP contribution in [0.1, 0.15) is 37.6 Å². The van der Waals surface area contributed by atoms with Crippen molar-refractivity contribution in [3.05, 3.63) is 29.8 Å². The van der Waals surface area contributed by atoms with E-state index in [1.165, 1.54) is 0 Å². The number of hydrogen-bond acceptors (Lipinski definition) is 4. The summed E-state index contributed by atoms with van der Waals surface area (Å²) in [5, 5.41) is 0. The molecule has 1 amide bonds. The van der Waals surface area contributed by atoms with Crippen LogP contribution in [-0.4, -0.2) is 61.1 Å². The van der Waals surface area contributed by atoms with Gasteiger partial charge in [-0.3, -0.25) is 4.79 Å². The lowest BCUT2D eigenvalue weighted by Gasteiger charge is -2.22. The molecule has 150 valence electrons. The van der Waals surface area contributed by atoms with E-state index in [1.807, 2.05) is 29.2 Å². The van der Waals surface area contributed by atoms with E-state index in [9.17, 15) is 4.79 Å². The van der Waals surface area contributed by atoms with E-state index in [4.69, 9.17) is 10.5 Å². The first-order valence-corrected chi connectivity index (χ1v) is 9.05. The SMILES string of the molecule is CCN(CC)CCOc1ccc(C(=O)N2CC(CN)CC2C)cc1.Cl.Cl. The molecular formula is C19H33Cl2N3O2. The number of carbonyl (C=O) groups is 1. The zero-order valence-electron chi connectivity index (χ0n) is 16.0. The van der Waals surface area contributed by atoms with Crippen LogP contribution in [0.15, 0.2) is 24.3 Å². The Morgan fingerprint density at radius 1 is 1.23 bits per heavy atom. The van der Waals surface area contributed by atoms with Crippen molar-refractivity contribution in [3.63, 3.8) is 0 Å². The molecule has 2 unspecified atom stereocenters. The number of nitrogens with two attached hydrogens (primary N) is 1. The first kappa shape index (κ1) is 25.0. The fraction of sp³-hybridized carbons (Fsp3) is 0.632. The Morgan fingerprint density at radius 3 is 2.35 bits per heavy atom. The number of likely N-dealkylation sites (N-methyl/N-ethyl adjacent to an activating group) is 1. The minimum Gasteiger partial charge on any atom is -0.492 e. The maximum absolute atomic E-state index is 12.6. The maximum atomic E-state index is 12.6. The van der Waals surface area contributed by atoms with Crippen molar-refractivity contribution in [1.82, 2.24) is 9.80 Å². The highest BCUT2D eigenvalue weighted by molar-refractivity contribution is 5.94. The number of hydrogen-bond donors (Lipinski definition) is 1. The minimum absolute atomic E-state index is 0. The first-order valence-electron chi connectivity index (χ1n) is 9.05. The van der Waals surface area contributed by atoms with Crippen LogP contribution in [0.4, 0.5) is 0 Å². The Morgan fingerprint density at radius 2 is 1.85 bits per heavy atom. The third-order valence-electron chi connectivity index (χ3n) is 4.93. The zero-order valence-corrected chi connectivity index (χ0v) is 17.7. The van der Waals surface area contributed by atoms with Gasteiger partial charge in [-0.2, -0.15) is 0 Å². The van der Waals surface area contributed by atoms with Crippen molar-refractivity contribution in [1.29, 1.82) is 0 Å². The summed E-state index contributed by atoms with van der Waals surface area (Å²) in [6.07, 6.45) is 0.995. The fourth-order valence-corrected chi connectivity index (χ4v) is 3.29. The Hall–Kier alpha value is -1.01. The van der Waals surface area contributed by atoms with Crippen LogP contribution in [0.2, 0.25) is 0 Å². The molecule has 0 spiro atoms. The van der Waals surface area contributed by atoms with E-state index < -0.39 is 0 Å². The molecule has 0 aliphatic carbocycles. The Kier molecular flexibility index (Phi) is 11.9. The molecule has 0 saturated carbocycles. The third kappa shape index (κ3) is 6.62. The van der Waals surface area contributed by atoms with Gasteiger partial charge in [0.2, 0.25) is 0 Å². The van der Waals surface area contributed by atoms with Gasteiger partial charge in [0.25, 0.3) is 5.91 Å². The minimum atomic E-state index is 0. The summed E-state index contributed by atoms with van der Waals surface area (Å²) in [6.45, 7) is 11.5. The van der Waals surface area contributed by atoms with Gasteiger partial charge in [-0.15, -0.1) is 24.8 Å². The Bertz CT molecular complexity index is 524. The van der Waals surface area contributed by atoms with Gasteiger partial charge in [0.05, 0.1) is 0 Å². The monoisotopic (exact) mass is 405 g/mol. The summed E-state index contributed by atoms with van der Waals surface area (Å²) in [4.78, 5) is 16.9. The molecular weight excluding hydrogens is 373 g/mol. The molecule has 0 bridgehead atoms. The molecule has 1 fully saturated rings. The van der Waals surface area contributed by atoms with Gasteiger partial charge in [0.1, 0.15) is 12.4 Å². The van der Waals surface area contributed by atoms with Gasteiger partial charge in [-0.25, -0.2) is 0 Å². The number of benzene rings is 1. The lowest BCUT2D eigenvalue weighted by atomic mass is 10.1. The first-order chi connectivity index (χ1) is 11.6. The van der Waals surface area contributed by atoms with Crippen molar-refractivity contribution in [3.8, 4) is 5.75 Å². The smallest absolute Gasteiger partial charge is 0.254 e. The highest BCUT2D eigenvalue weighted by Gasteiger charge is 2.31. The van der Waals surface area contributed by atoms with E-state index in [2.05, 4.69) is 25.7 Å². The van der Waals surface area contributed by atoms with Crippen molar-refractivity contribution in [2.45, 2.75) is 33.2 Å². The van der Waals surface area contributed by atoms with Crippen molar-refractivity contribution in [2.24, 2.45) is 11.7 Å². The van der Waals surface area contributed by atoms with E-state index >= 15 is 0 Å². The predicted octanol–water partition coefficient (Wildman–Crippen LogP) is 3.06. The van der Waals surface area contributed by atoms with Gasteiger partial charge in [0, 0.05) is 24.7 Å². The maximum Gasteiger partial charge on any atom is 0.254 e. The molecule has 2 N–H and O–H groups in total. The Labute approximate surface area is 170 Å². The molecule has 2 rings (SSSR count). The van der Waals surface area contributed by atoms with Gasteiger partial charge in [-0.1, -0.05) is 13.8 Å². The third-order valence-corrected chi connectivity index (χ3v) is 4.93. The van der Waals surface area contributed by atoms with Gasteiger partial charge < -0.3 is 20.3 Å². The summed E-state index contributed by atoms with van der Waals surface area (Å²) >= 11 is 0. The largest absolute Gasteiger partial charge is 0.492 e. The van der Waals surface area contributed by atoms with Crippen molar-refractivity contribution < 1.29 is 9.53 Å². The molecule has 1 aromatic rings. The second-order valence-corrected chi connectivity index (χ2v) is 6.54. The molecule has 0 radical (unpaired) electrons. The number of likely N-dealkylation sites (tertiary alicyclic amines) is 1. The molecule has 2 atom stereocenters. The molecule has 26 heavy (non-hydrogen) atoms. The summed E-state index contributed by atoms with van der Waals surface area (Å²) in [5.74, 6) is 1.33. The standard InChI is InChI=1S/C19H31N3O2.2ClH/c1-4-21(5-2)10-11-24-18-8-6-17(7-9-18)19(23)22-14-16(13-20)12-15(22)3;;/h6-9,15-16H,4-5,10-14,20H2,1-3H3;2*1H. The number of halogens is 2. The van der Waals surface area contributed by atoms with Crippen LogP contribution < -0.4 is 10.5 Å². The zero-order chi connectivity index (χ0) is 17.5. The van der Waals surface area contributed by atoms with E-state index in [0.717, 1.165) is 43.9 Å². The average molecular weight is 406 g/mol. The van der Waals surface area contributed by atoms with E-state index in [1.54, 1.807) is 0 Å². The van der Waals surface area contributed by atoms with E-state index in [-0.39, 0.29) is 36.8 Å². The van der Waals surface area contributed by atoms with Gasteiger partial charge >= 0.3 is 0 Å². The fourth-order valence-electron chi connectivity index (χ4n) is 3.29. The van der Waals surface area contributed by atoms with Crippen molar-refractivity contribution in [2.75, 3.05) is 39.3 Å². The van der Waals surface area contributed by atoms with Gasteiger partial charge in [0.15, 0.2) is 0 Å². The van der Waals surface area contributed by atoms with E-state index in [0.29, 0.717) is 19.1 Å². The quantitative estimate of drug-likeness (QED) is 0.721. The van der Waals surface area contributed by atoms with Crippen LogP contribution >= 0.6 is 24.8 Å². The highest BCUT2D eigenvalue weighted by Crippen LogP contribution is 2.24. The summed E-state index contributed by atoms with van der Waals surface area (Å²) < 4.78 is 5.77. The average Bonchev–Trinajstić information content (AvgIpc) is 2.99. The lowest BCUT2D eigenvalue weighted by Crippen LogP contribution is -2.34. The number of amides is 1. The molecule has 1 aliphatic heterocycles. The van der Waals surface area contributed by atoms with Gasteiger partial charge in [-0.05, 0) is 63.2 Å². The van der Waals surface area contributed by atoms with Crippen LogP contribution in [-0.2, 0) is 0 Å². The second kappa shape index (κ2) is 12.4. The number of rotatable bonds is 8. The number of carbonyl (C=O) groups excluding carboxylic acids is 1. The number of ether oxygens (including phenoxy) is 1. The molecule has 0 aromatic heterocycles. The summed E-state index contributed by atoms with van der Waals surface area (Å²) in [6, 6.07) is 7.75. The molecule has 5 nitrogen and oxygen atoms in total. The number of nitrogens with zero attached hydrogens (tertiary/aromatic N) is 2. The van der Waals surface area contributed by atoms with Crippen LogP contribution in [0.5, 0.6) is 5.75 Å². The molecule has 7 heteroatoms. The summed E-state index contributed by atoms with van der Waals surface area (Å²) in [7, 11) is 0. The molecule has 1 aromatic carbocycles. The summed E-state index contributed by atoms with van der Waals surface area (Å²) in [5.41, 5.74) is 6.46. The van der Waals surface area contributed by atoms with Crippen LogP contribution in [0, 0.1) is 5.92 Å². The second-order valence-electron chi connectivity index (χ2n) is 6.54.